The maximum atomic E-state index is 10.4. The predicted octanol–water partition coefficient (Wildman–Crippen LogP) is 1.96. The summed E-state index contributed by atoms with van der Waals surface area (Å²) in [7, 11) is 0. The van der Waals surface area contributed by atoms with E-state index in [9.17, 15) is 5.11 Å². The molecule has 2 nitrogen and oxygen atoms in total. The van der Waals surface area contributed by atoms with E-state index in [2.05, 4.69) is 37.4 Å². The molecular weight excluding hydrogens is 198 g/mol. The van der Waals surface area contributed by atoms with E-state index in [0.717, 1.165) is 32.4 Å². The second-order valence-electron chi connectivity index (χ2n) is 5.07. The maximum Gasteiger partial charge on any atom is 0.0712 e. The lowest BCUT2D eigenvalue weighted by atomic mass is 9.85. The molecule has 1 fully saturated rings. The molecule has 2 N–H and O–H groups in total. The van der Waals surface area contributed by atoms with Gasteiger partial charge in [-0.3, -0.25) is 0 Å². The molecule has 0 aromatic heterocycles. The zero-order chi connectivity index (χ0) is 11.6. The number of piperidine rings is 1. The van der Waals surface area contributed by atoms with E-state index in [1.807, 2.05) is 0 Å². The van der Waals surface area contributed by atoms with Crippen molar-refractivity contribution in [1.82, 2.24) is 5.32 Å². The molecule has 16 heavy (non-hydrogen) atoms. The molecule has 1 aliphatic heterocycles. The zero-order valence-corrected chi connectivity index (χ0v) is 10.2. The Balaban J connectivity index is 2.10. The van der Waals surface area contributed by atoms with Crippen LogP contribution in [0.5, 0.6) is 0 Å². The SMILES string of the molecule is Cc1ccc(CC2(O)CCNCC2)cc1C. The van der Waals surface area contributed by atoms with Crippen LogP contribution in [0.2, 0.25) is 0 Å². The molecule has 0 unspecified atom stereocenters. The molecule has 1 aromatic carbocycles. The summed E-state index contributed by atoms with van der Waals surface area (Å²) in [5.74, 6) is 0. The Morgan fingerprint density at radius 2 is 1.88 bits per heavy atom. The molecule has 0 atom stereocenters. The molecule has 1 aliphatic rings. The van der Waals surface area contributed by atoms with Crippen molar-refractivity contribution in [3.05, 3.63) is 34.9 Å². The van der Waals surface area contributed by atoms with Crippen LogP contribution in [-0.4, -0.2) is 23.8 Å². The molecular formula is C14H21NO. The van der Waals surface area contributed by atoms with Crippen molar-refractivity contribution in [2.75, 3.05) is 13.1 Å². The summed E-state index contributed by atoms with van der Waals surface area (Å²) >= 11 is 0. The van der Waals surface area contributed by atoms with Gasteiger partial charge in [-0.25, -0.2) is 0 Å². The smallest absolute Gasteiger partial charge is 0.0712 e. The Morgan fingerprint density at radius 3 is 2.50 bits per heavy atom. The van der Waals surface area contributed by atoms with Crippen molar-refractivity contribution >= 4 is 0 Å². The lowest BCUT2D eigenvalue weighted by molar-refractivity contribution is 0.0109. The fraction of sp³-hybridized carbons (Fsp3) is 0.571. The van der Waals surface area contributed by atoms with E-state index in [-0.39, 0.29) is 0 Å². The average Bonchev–Trinajstić information content (AvgIpc) is 2.24. The van der Waals surface area contributed by atoms with Gasteiger partial charge in [0.2, 0.25) is 0 Å². The highest BCUT2D eigenvalue weighted by atomic mass is 16.3. The van der Waals surface area contributed by atoms with Gasteiger partial charge in [0.25, 0.3) is 0 Å². The second-order valence-corrected chi connectivity index (χ2v) is 5.07. The summed E-state index contributed by atoms with van der Waals surface area (Å²) in [5.41, 5.74) is 3.40. The first-order valence-electron chi connectivity index (χ1n) is 6.08. The number of nitrogens with one attached hydrogen (secondary N) is 1. The van der Waals surface area contributed by atoms with Gasteiger partial charge in [0.1, 0.15) is 0 Å². The van der Waals surface area contributed by atoms with Gasteiger partial charge in [-0.15, -0.1) is 0 Å². The van der Waals surface area contributed by atoms with Gasteiger partial charge in [-0.2, -0.15) is 0 Å². The van der Waals surface area contributed by atoms with Crippen molar-refractivity contribution in [2.24, 2.45) is 0 Å². The van der Waals surface area contributed by atoms with E-state index in [1.54, 1.807) is 0 Å². The normalized spacial score (nSPS) is 19.7. The number of benzene rings is 1. The van der Waals surface area contributed by atoms with Gasteiger partial charge >= 0.3 is 0 Å². The van der Waals surface area contributed by atoms with Crippen LogP contribution in [0, 0.1) is 13.8 Å². The molecule has 0 aliphatic carbocycles. The Labute approximate surface area is 97.7 Å². The highest BCUT2D eigenvalue weighted by Crippen LogP contribution is 2.24. The van der Waals surface area contributed by atoms with Gasteiger partial charge in [0, 0.05) is 6.42 Å². The summed E-state index contributed by atoms with van der Waals surface area (Å²) in [6.07, 6.45) is 2.51. The lowest BCUT2D eigenvalue weighted by Crippen LogP contribution is -2.43. The third-order valence-corrected chi connectivity index (χ3v) is 3.64. The molecule has 1 saturated heterocycles. The lowest BCUT2D eigenvalue weighted by Gasteiger charge is -2.32. The van der Waals surface area contributed by atoms with Crippen LogP contribution in [0.1, 0.15) is 29.5 Å². The number of hydrogen-bond donors (Lipinski definition) is 2. The van der Waals surface area contributed by atoms with Crippen LogP contribution in [0.3, 0.4) is 0 Å². The minimum atomic E-state index is -0.493. The van der Waals surface area contributed by atoms with Crippen molar-refractivity contribution < 1.29 is 5.11 Å². The minimum absolute atomic E-state index is 0.493. The number of aryl methyl sites for hydroxylation is 2. The van der Waals surface area contributed by atoms with Crippen molar-refractivity contribution in [2.45, 2.75) is 38.7 Å². The van der Waals surface area contributed by atoms with E-state index < -0.39 is 5.60 Å². The van der Waals surface area contributed by atoms with Crippen LogP contribution in [0.15, 0.2) is 18.2 Å². The fourth-order valence-electron chi connectivity index (χ4n) is 2.36. The molecule has 0 spiro atoms. The van der Waals surface area contributed by atoms with Gasteiger partial charge in [-0.05, 0) is 56.5 Å². The third kappa shape index (κ3) is 2.63. The summed E-state index contributed by atoms with van der Waals surface area (Å²) in [5, 5.41) is 13.7. The monoisotopic (exact) mass is 219 g/mol. The minimum Gasteiger partial charge on any atom is -0.389 e. The van der Waals surface area contributed by atoms with Gasteiger partial charge in [-0.1, -0.05) is 18.2 Å². The maximum absolute atomic E-state index is 10.4. The first-order chi connectivity index (χ1) is 7.59. The summed E-state index contributed by atoms with van der Waals surface area (Å²) < 4.78 is 0. The van der Waals surface area contributed by atoms with Crippen molar-refractivity contribution in [3.8, 4) is 0 Å². The molecule has 0 bridgehead atoms. The van der Waals surface area contributed by atoms with Crippen LogP contribution < -0.4 is 5.32 Å². The Kier molecular flexibility index (Phi) is 3.31. The standard InChI is InChI=1S/C14H21NO/c1-11-3-4-13(9-12(11)2)10-14(16)5-7-15-8-6-14/h3-4,9,15-16H,5-8,10H2,1-2H3. The molecule has 2 heteroatoms. The topological polar surface area (TPSA) is 32.3 Å². The predicted molar refractivity (Wildman–Crippen MR) is 66.7 cm³/mol. The van der Waals surface area contributed by atoms with Crippen molar-refractivity contribution in [3.63, 3.8) is 0 Å². The van der Waals surface area contributed by atoms with E-state index in [4.69, 9.17) is 0 Å². The van der Waals surface area contributed by atoms with Crippen LogP contribution in [0.25, 0.3) is 0 Å². The second kappa shape index (κ2) is 4.56. The van der Waals surface area contributed by atoms with Crippen LogP contribution >= 0.6 is 0 Å². The van der Waals surface area contributed by atoms with E-state index >= 15 is 0 Å². The first-order valence-corrected chi connectivity index (χ1v) is 6.08. The van der Waals surface area contributed by atoms with Gasteiger partial charge < -0.3 is 10.4 Å². The average molecular weight is 219 g/mol. The van der Waals surface area contributed by atoms with Crippen molar-refractivity contribution in [1.29, 1.82) is 0 Å². The molecule has 1 heterocycles. The molecule has 2 rings (SSSR count). The zero-order valence-electron chi connectivity index (χ0n) is 10.2. The first kappa shape index (κ1) is 11.6. The highest BCUT2D eigenvalue weighted by Gasteiger charge is 2.29. The van der Waals surface area contributed by atoms with Crippen LogP contribution in [-0.2, 0) is 6.42 Å². The van der Waals surface area contributed by atoms with Gasteiger partial charge in [0.05, 0.1) is 5.60 Å². The number of aliphatic hydroxyl groups is 1. The fourth-order valence-corrected chi connectivity index (χ4v) is 2.36. The Morgan fingerprint density at radius 1 is 1.19 bits per heavy atom. The van der Waals surface area contributed by atoms with E-state index in [0.29, 0.717) is 0 Å². The Bertz CT molecular complexity index is 367. The Hall–Kier alpha value is -0.860. The molecule has 88 valence electrons. The molecule has 0 radical (unpaired) electrons. The summed E-state index contributed by atoms with van der Waals surface area (Å²) in [4.78, 5) is 0. The number of hydrogen-bond acceptors (Lipinski definition) is 2. The van der Waals surface area contributed by atoms with Crippen LogP contribution in [0.4, 0.5) is 0 Å². The van der Waals surface area contributed by atoms with Gasteiger partial charge in [0.15, 0.2) is 0 Å². The largest absolute Gasteiger partial charge is 0.389 e. The summed E-state index contributed by atoms with van der Waals surface area (Å²) in [6, 6.07) is 6.49. The van der Waals surface area contributed by atoms with E-state index in [1.165, 1.54) is 16.7 Å². The quantitative estimate of drug-likeness (QED) is 0.797. The highest BCUT2D eigenvalue weighted by molar-refractivity contribution is 5.30. The molecule has 1 aromatic rings. The molecule has 0 amide bonds. The molecule has 0 saturated carbocycles. The summed E-state index contributed by atoms with van der Waals surface area (Å²) in [6.45, 7) is 6.12. The third-order valence-electron chi connectivity index (χ3n) is 3.64. The number of rotatable bonds is 2.